The fourth-order valence-corrected chi connectivity index (χ4v) is 6.60. The number of alkyl halides is 1. The van der Waals surface area contributed by atoms with Gasteiger partial charge < -0.3 is 34.7 Å². The molecule has 2 aromatic heterocycles. The summed E-state index contributed by atoms with van der Waals surface area (Å²) in [6.07, 6.45) is 0.378. The first-order chi connectivity index (χ1) is 22.6. The number of nitrogens with two attached hydrogens (primary N) is 1. The summed E-state index contributed by atoms with van der Waals surface area (Å²) in [6.45, 7) is 4.53. The van der Waals surface area contributed by atoms with Crippen LogP contribution < -0.4 is 24.6 Å². The number of fused-ring (bicyclic) bond motifs is 2. The Morgan fingerprint density at radius 3 is 2.79 bits per heavy atom. The van der Waals surface area contributed by atoms with E-state index in [1.807, 2.05) is 12.1 Å². The van der Waals surface area contributed by atoms with Gasteiger partial charge in [-0.1, -0.05) is 35.1 Å². The minimum Gasteiger partial charge on any atom is -0.575 e. The molecular weight excluding hydrogens is 634 g/mol. The summed E-state index contributed by atoms with van der Waals surface area (Å²) in [5.41, 5.74) is 4.31. The third-order valence-corrected chi connectivity index (χ3v) is 9.11. The van der Waals surface area contributed by atoms with Crippen LogP contribution in [0.5, 0.6) is 17.4 Å². The molecule has 0 radical (unpaired) electrons. The zero-order valence-electron chi connectivity index (χ0n) is 26.1. The number of ether oxygens (including phenoxy) is 4. The Morgan fingerprint density at radius 1 is 1.26 bits per heavy atom. The standard InChI is InChI=1S/C31H36FN6O8P/c1-4-42-27-23-26(35-30(33)36-27)38(16-34-23)29-31(3,40)25(32)22(45-29)15-43-21-14-13-18-9-5-8-12-20(18)24(21)46-47(41)37-17(2)28(39)44-19-10-6-7-11-19/h5,8-9,12-14,16-17,19,22,25,29,40H,4,6-7,10-11,15H2,1-3H3,(H2,33,35,36)/t17-,22+,25+,29?,31+/m0/s1. The number of halogens is 1. The zero-order chi connectivity index (χ0) is 33.3. The zero-order valence-corrected chi connectivity index (χ0v) is 27.0. The fourth-order valence-electron chi connectivity index (χ4n) is 5.83. The van der Waals surface area contributed by atoms with Gasteiger partial charge in [-0.15, -0.1) is 0 Å². The molecule has 250 valence electrons. The van der Waals surface area contributed by atoms with Crippen LogP contribution in [0.15, 0.2) is 47.5 Å². The van der Waals surface area contributed by atoms with Crippen molar-refractivity contribution >= 4 is 42.0 Å². The highest BCUT2D eigenvalue weighted by Crippen LogP contribution is 2.44. The van der Waals surface area contributed by atoms with Crippen LogP contribution in [0.1, 0.15) is 52.7 Å². The quantitative estimate of drug-likeness (QED) is 0.172. The normalized spacial score (nSPS) is 24.1. The topological polar surface area (TPSA) is 188 Å². The Bertz CT molecular complexity index is 1800. The van der Waals surface area contributed by atoms with Crippen LogP contribution in [0.25, 0.3) is 21.9 Å². The number of carbonyl (C=O) groups excluding carboxylic acids is 1. The van der Waals surface area contributed by atoms with E-state index < -0.39 is 44.3 Å². The average molecular weight is 671 g/mol. The fraction of sp³-hybridized carbons (Fsp3) is 0.484. The molecule has 2 unspecified atom stereocenters. The molecule has 0 amide bonds. The van der Waals surface area contributed by atoms with Crippen molar-refractivity contribution in [3.63, 3.8) is 0 Å². The summed E-state index contributed by atoms with van der Waals surface area (Å²) in [5, 5.41) is 12.6. The van der Waals surface area contributed by atoms with Crippen LogP contribution in [0.3, 0.4) is 0 Å². The van der Waals surface area contributed by atoms with E-state index in [9.17, 15) is 14.8 Å². The highest BCUT2D eigenvalue weighted by Gasteiger charge is 2.55. The van der Waals surface area contributed by atoms with Crippen molar-refractivity contribution < 1.29 is 42.7 Å². The van der Waals surface area contributed by atoms with Crippen molar-refractivity contribution in [2.24, 2.45) is 4.74 Å². The number of imidazole rings is 1. The lowest BCUT2D eigenvalue weighted by atomic mass is 9.98. The van der Waals surface area contributed by atoms with Gasteiger partial charge in [0.1, 0.15) is 24.4 Å². The molecule has 1 saturated carbocycles. The number of aromatic nitrogens is 4. The maximum atomic E-state index is 15.8. The van der Waals surface area contributed by atoms with E-state index in [1.165, 1.54) is 24.7 Å². The molecule has 1 saturated heterocycles. The van der Waals surface area contributed by atoms with Crippen molar-refractivity contribution in [2.45, 2.75) is 82.7 Å². The lowest BCUT2D eigenvalue weighted by Crippen LogP contribution is -2.42. The van der Waals surface area contributed by atoms with Gasteiger partial charge in [-0.2, -0.15) is 9.97 Å². The highest BCUT2D eigenvalue weighted by molar-refractivity contribution is 7.34. The highest BCUT2D eigenvalue weighted by atomic mass is 31.1. The molecule has 47 heavy (non-hydrogen) atoms. The Morgan fingerprint density at radius 2 is 2.02 bits per heavy atom. The van der Waals surface area contributed by atoms with Crippen LogP contribution in [-0.2, 0) is 14.3 Å². The largest absolute Gasteiger partial charge is 0.575 e. The predicted octanol–water partition coefficient (Wildman–Crippen LogP) is 4.13. The molecule has 2 aliphatic rings. The molecule has 16 heteroatoms. The molecule has 4 aromatic rings. The Kier molecular flexibility index (Phi) is 9.42. The van der Waals surface area contributed by atoms with Gasteiger partial charge in [0.2, 0.25) is 17.6 Å². The van der Waals surface area contributed by atoms with Gasteiger partial charge in [0.05, 0.1) is 12.9 Å². The summed E-state index contributed by atoms with van der Waals surface area (Å²) in [7, 11) is -2.73. The molecule has 3 N–H and O–H groups in total. The molecule has 6 rings (SSSR count). The SMILES string of the molecule is CCOc1nc(N)nc2c1ncn2C1O[C@H](COc2ccc3ccccc3c2O[P+]([O-])=N[C@@H](C)C(=O)OC2CCCC2)[C@@H](F)[C@@]1(C)O. The smallest absolute Gasteiger partial charge is 0.395 e. The number of esters is 1. The van der Waals surface area contributed by atoms with E-state index in [-0.39, 0.29) is 47.2 Å². The number of nitrogens with zero attached hydrogens (tertiary/aromatic N) is 5. The van der Waals surface area contributed by atoms with Gasteiger partial charge in [0.25, 0.3) is 0 Å². The van der Waals surface area contributed by atoms with E-state index >= 15 is 4.39 Å². The van der Waals surface area contributed by atoms with Crippen LogP contribution in [0.4, 0.5) is 10.3 Å². The molecule has 0 bridgehead atoms. The maximum absolute atomic E-state index is 15.8. The summed E-state index contributed by atoms with van der Waals surface area (Å²) in [4.78, 5) is 38.2. The van der Waals surface area contributed by atoms with E-state index in [0.717, 1.165) is 31.1 Å². The number of rotatable bonds is 11. The van der Waals surface area contributed by atoms with Crippen molar-refractivity contribution in [1.29, 1.82) is 0 Å². The van der Waals surface area contributed by atoms with Crippen LogP contribution >= 0.6 is 8.17 Å². The van der Waals surface area contributed by atoms with Crippen LogP contribution in [-0.4, -0.2) is 73.8 Å². The molecule has 3 heterocycles. The van der Waals surface area contributed by atoms with Gasteiger partial charge in [-0.25, -0.2) is 14.2 Å². The Balaban J connectivity index is 1.22. The molecular formula is C31H36FN6O8P. The van der Waals surface area contributed by atoms with E-state index in [2.05, 4.69) is 19.7 Å². The second-order valence-electron chi connectivity index (χ2n) is 11.7. The summed E-state index contributed by atoms with van der Waals surface area (Å²) < 4.78 is 50.0. The van der Waals surface area contributed by atoms with Gasteiger partial charge in [-0.05, 0) is 57.9 Å². The lowest BCUT2D eigenvalue weighted by molar-refractivity contribution is -0.170. The number of carbonyl (C=O) groups is 1. The third-order valence-electron chi connectivity index (χ3n) is 8.24. The number of nitrogen functional groups attached to an aromatic ring is 1. The molecule has 1 aliphatic carbocycles. The van der Waals surface area contributed by atoms with E-state index in [0.29, 0.717) is 12.0 Å². The minimum atomic E-state index is -2.73. The third kappa shape index (κ3) is 6.66. The van der Waals surface area contributed by atoms with Crippen LogP contribution in [0.2, 0.25) is 0 Å². The van der Waals surface area contributed by atoms with Crippen molar-refractivity contribution in [3.8, 4) is 17.4 Å². The molecule has 0 spiro atoms. The van der Waals surface area contributed by atoms with Gasteiger partial charge in [0, 0.05) is 5.39 Å². The number of anilines is 1. The molecule has 6 atom stereocenters. The van der Waals surface area contributed by atoms with Gasteiger partial charge >= 0.3 is 14.1 Å². The Labute approximate surface area is 270 Å². The van der Waals surface area contributed by atoms with Crippen molar-refractivity contribution in [2.75, 3.05) is 18.9 Å². The summed E-state index contributed by atoms with van der Waals surface area (Å²) in [6, 6.07) is 9.53. The summed E-state index contributed by atoms with van der Waals surface area (Å²) in [5.74, 6) is -0.279. The lowest BCUT2D eigenvalue weighted by Gasteiger charge is -2.26. The van der Waals surface area contributed by atoms with Crippen LogP contribution in [0, 0.1) is 0 Å². The molecule has 2 aromatic carbocycles. The summed E-state index contributed by atoms with van der Waals surface area (Å²) >= 11 is 0. The number of hydrogen-bond acceptors (Lipinski definition) is 13. The Hall–Kier alpha value is -4.17. The molecule has 14 nitrogen and oxygen atoms in total. The first-order valence-electron chi connectivity index (χ1n) is 15.4. The van der Waals surface area contributed by atoms with Crippen molar-refractivity contribution in [3.05, 3.63) is 42.7 Å². The monoisotopic (exact) mass is 670 g/mol. The average Bonchev–Trinajstić information content (AvgIpc) is 3.76. The maximum Gasteiger partial charge on any atom is 0.395 e. The van der Waals surface area contributed by atoms with Crippen molar-refractivity contribution in [1.82, 2.24) is 19.5 Å². The predicted molar refractivity (Wildman–Crippen MR) is 168 cm³/mol. The number of benzene rings is 2. The van der Waals surface area contributed by atoms with Gasteiger partial charge in [0.15, 0.2) is 35.4 Å². The first kappa shape index (κ1) is 32.8. The first-order valence-corrected chi connectivity index (χ1v) is 16.6. The second-order valence-corrected chi connectivity index (χ2v) is 12.6. The minimum absolute atomic E-state index is 0.0916. The van der Waals surface area contributed by atoms with E-state index in [1.54, 1.807) is 31.2 Å². The second kappa shape index (κ2) is 13.5. The van der Waals surface area contributed by atoms with E-state index in [4.69, 9.17) is 29.2 Å². The molecule has 1 aliphatic heterocycles. The molecule has 2 fully saturated rings. The van der Waals surface area contributed by atoms with Gasteiger partial charge in [-0.3, -0.25) is 9.09 Å². The number of aliphatic hydroxyl groups is 1. The number of hydrogen-bond donors (Lipinski definition) is 2.